The van der Waals surface area contributed by atoms with E-state index in [0.29, 0.717) is 29.7 Å². The molecular formula is C28H27ClN2O2. The highest BCUT2D eigenvalue weighted by Crippen LogP contribution is 2.54. The van der Waals surface area contributed by atoms with Crippen LogP contribution in [0.5, 0.6) is 11.8 Å². The van der Waals surface area contributed by atoms with Crippen LogP contribution >= 0.6 is 11.6 Å². The number of hydrogen-bond donors (Lipinski definition) is 1. The van der Waals surface area contributed by atoms with E-state index < -0.39 is 5.60 Å². The van der Waals surface area contributed by atoms with Gasteiger partial charge in [0.2, 0.25) is 0 Å². The maximum atomic E-state index is 11.2. The lowest BCUT2D eigenvalue weighted by molar-refractivity contribution is -0.00804. The van der Waals surface area contributed by atoms with Gasteiger partial charge in [0.15, 0.2) is 0 Å². The van der Waals surface area contributed by atoms with E-state index >= 15 is 0 Å². The summed E-state index contributed by atoms with van der Waals surface area (Å²) in [6.07, 6.45) is 6.82. The van der Waals surface area contributed by atoms with Gasteiger partial charge in [-0.05, 0) is 86.3 Å². The van der Waals surface area contributed by atoms with Crippen LogP contribution in [0.4, 0.5) is 0 Å². The molecule has 2 aliphatic carbocycles. The monoisotopic (exact) mass is 458 g/mol. The highest BCUT2D eigenvalue weighted by atomic mass is 35.5. The van der Waals surface area contributed by atoms with Crippen molar-refractivity contribution in [1.29, 1.82) is 0 Å². The van der Waals surface area contributed by atoms with Crippen LogP contribution in [0.2, 0.25) is 5.15 Å². The van der Waals surface area contributed by atoms with E-state index in [1.54, 1.807) is 12.3 Å². The number of halogens is 1. The summed E-state index contributed by atoms with van der Waals surface area (Å²) in [5, 5.41) is 11.5. The van der Waals surface area contributed by atoms with E-state index in [0.717, 1.165) is 25.7 Å². The average Bonchev–Trinajstić information content (AvgIpc) is 2.80. The van der Waals surface area contributed by atoms with Gasteiger partial charge in [0.05, 0.1) is 0 Å². The van der Waals surface area contributed by atoms with Gasteiger partial charge in [0.25, 0.3) is 0 Å². The Bertz CT molecular complexity index is 1220. The minimum absolute atomic E-state index is 0.0261. The lowest BCUT2D eigenvalue weighted by atomic mass is 9.52. The first-order valence-electron chi connectivity index (χ1n) is 11.5. The number of hydrogen-bond acceptors (Lipinski definition) is 4. The van der Waals surface area contributed by atoms with E-state index in [2.05, 4.69) is 64.3 Å². The van der Waals surface area contributed by atoms with Crippen molar-refractivity contribution in [2.24, 2.45) is 5.92 Å². The van der Waals surface area contributed by atoms with Gasteiger partial charge < -0.3 is 9.84 Å². The molecule has 3 atom stereocenters. The Balaban J connectivity index is 1.52. The number of rotatable bonds is 4. The summed E-state index contributed by atoms with van der Waals surface area (Å²) in [5.41, 5.74) is 3.09. The van der Waals surface area contributed by atoms with Crippen molar-refractivity contribution in [1.82, 2.24) is 9.97 Å². The summed E-state index contributed by atoms with van der Waals surface area (Å²) in [4.78, 5) is 8.30. The quantitative estimate of drug-likeness (QED) is 0.390. The standard InChI is InChI=1S/C28H27ClN2O2/c1-2-13-27(32)14-15-28(18-20-6-4-3-5-7-20)22(19-27)9-8-21-17-23(10-11-24(21)28)33-26-30-16-12-25(29)31-26/h3-7,10-12,16-17,22,32H,8-9,14-15,18-19H2,1H3/t22-,27-,28+/m1/s1. The summed E-state index contributed by atoms with van der Waals surface area (Å²) in [7, 11) is 0. The largest absolute Gasteiger partial charge is 0.424 e. The van der Waals surface area contributed by atoms with Crippen molar-refractivity contribution >= 4 is 11.6 Å². The zero-order valence-electron chi connectivity index (χ0n) is 18.7. The molecule has 2 aromatic carbocycles. The van der Waals surface area contributed by atoms with Gasteiger partial charge in [-0.25, -0.2) is 4.98 Å². The molecule has 0 bridgehead atoms. The molecule has 1 saturated carbocycles. The third-order valence-corrected chi connectivity index (χ3v) is 7.46. The molecule has 5 rings (SSSR count). The zero-order valence-corrected chi connectivity index (χ0v) is 19.5. The molecule has 1 fully saturated rings. The Morgan fingerprint density at radius 1 is 1.15 bits per heavy atom. The maximum Gasteiger partial charge on any atom is 0.323 e. The van der Waals surface area contributed by atoms with Crippen LogP contribution in [0.25, 0.3) is 0 Å². The number of aliphatic hydroxyl groups is 1. The highest BCUT2D eigenvalue weighted by molar-refractivity contribution is 6.29. The fourth-order valence-electron chi connectivity index (χ4n) is 5.84. The van der Waals surface area contributed by atoms with Crippen molar-refractivity contribution in [2.75, 3.05) is 0 Å². The average molecular weight is 459 g/mol. The Morgan fingerprint density at radius 3 is 2.79 bits per heavy atom. The maximum absolute atomic E-state index is 11.2. The van der Waals surface area contributed by atoms with Gasteiger partial charge in [0, 0.05) is 11.6 Å². The number of aromatic nitrogens is 2. The third kappa shape index (κ3) is 4.36. The Kier molecular flexibility index (Phi) is 5.86. The Hall–Kier alpha value is -2.87. The Labute approximate surface area is 200 Å². The van der Waals surface area contributed by atoms with Gasteiger partial charge in [-0.15, -0.1) is 5.92 Å². The zero-order chi connectivity index (χ0) is 22.9. The van der Waals surface area contributed by atoms with Crippen molar-refractivity contribution in [2.45, 2.75) is 56.5 Å². The summed E-state index contributed by atoms with van der Waals surface area (Å²) in [6.45, 7) is 1.81. The highest BCUT2D eigenvalue weighted by Gasteiger charge is 2.51. The molecule has 0 aliphatic heterocycles. The first-order chi connectivity index (χ1) is 16.0. The molecule has 5 heteroatoms. The normalized spacial score (nSPS) is 25.8. The predicted octanol–water partition coefficient (Wildman–Crippen LogP) is 5.90. The van der Waals surface area contributed by atoms with Gasteiger partial charge >= 0.3 is 6.01 Å². The minimum Gasteiger partial charge on any atom is -0.424 e. The molecule has 1 aromatic heterocycles. The third-order valence-electron chi connectivity index (χ3n) is 7.25. The van der Waals surface area contributed by atoms with Gasteiger partial charge in [0.1, 0.15) is 16.5 Å². The molecule has 0 radical (unpaired) electrons. The van der Waals surface area contributed by atoms with Crippen molar-refractivity contribution in [3.05, 3.63) is 82.6 Å². The second kappa shape index (κ2) is 8.82. The van der Waals surface area contributed by atoms with Crippen LogP contribution in [0.3, 0.4) is 0 Å². The molecule has 0 spiro atoms. The molecule has 1 heterocycles. The van der Waals surface area contributed by atoms with Crippen LogP contribution in [0.15, 0.2) is 60.8 Å². The van der Waals surface area contributed by atoms with E-state index in [4.69, 9.17) is 16.3 Å². The molecule has 0 amide bonds. The SMILES string of the molecule is CC#C[C@@]1(O)CC[C@@]2(Cc3ccccc3)c3ccc(Oc4nccc(Cl)n4)cc3CC[C@@H]2C1. The van der Waals surface area contributed by atoms with Crippen molar-refractivity contribution < 1.29 is 9.84 Å². The molecule has 168 valence electrons. The van der Waals surface area contributed by atoms with Crippen molar-refractivity contribution in [3.8, 4) is 23.6 Å². The van der Waals surface area contributed by atoms with Crippen LogP contribution in [0.1, 0.15) is 49.3 Å². The molecule has 0 unspecified atom stereocenters. The predicted molar refractivity (Wildman–Crippen MR) is 129 cm³/mol. The summed E-state index contributed by atoms with van der Waals surface area (Å²) in [5.74, 6) is 7.14. The lowest BCUT2D eigenvalue weighted by Crippen LogP contribution is -2.50. The van der Waals surface area contributed by atoms with Crippen molar-refractivity contribution in [3.63, 3.8) is 0 Å². The smallest absolute Gasteiger partial charge is 0.323 e. The minimum atomic E-state index is -0.885. The van der Waals surface area contributed by atoms with Crippen LogP contribution in [0, 0.1) is 17.8 Å². The molecule has 33 heavy (non-hydrogen) atoms. The topological polar surface area (TPSA) is 55.2 Å². The molecule has 1 N–H and O–H groups in total. The number of benzene rings is 2. The van der Waals surface area contributed by atoms with Gasteiger partial charge in [-0.1, -0.05) is 53.9 Å². The number of nitrogens with zero attached hydrogens (tertiary/aromatic N) is 2. The number of fused-ring (bicyclic) bond motifs is 3. The van der Waals surface area contributed by atoms with Crippen LogP contribution in [-0.4, -0.2) is 20.7 Å². The summed E-state index contributed by atoms with van der Waals surface area (Å²) in [6, 6.07) is 18.9. The molecule has 2 aliphatic rings. The molecule has 3 aromatic rings. The summed E-state index contributed by atoms with van der Waals surface area (Å²) < 4.78 is 5.91. The van der Waals surface area contributed by atoms with Crippen LogP contribution in [-0.2, 0) is 18.3 Å². The lowest BCUT2D eigenvalue weighted by Gasteiger charge is -2.52. The van der Waals surface area contributed by atoms with Crippen LogP contribution < -0.4 is 4.74 Å². The first kappa shape index (κ1) is 21.9. The van der Waals surface area contributed by atoms with E-state index in [-0.39, 0.29) is 11.4 Å². The fourth-order valence-corrected chi connectivity index (χ4v) is 5.97. The second-order valence-electron chi connectivity index (χ2n) is 9.25. The fraction of sp³-hybridized carbons (Fsp3) is 0.357. The summed E-state index contributed by atoms with van der Waals surface area (Å²) >= 11 is 5.98. The van der Waals surface area contributed by atoms with E-state index in [1.165, 1.54) is 16.7 Å². The molecule has 0 saturated heterocycles. The number of aryl methyl sites for hydroxylation is 1. The van der Waals surface area contributed by atoms with E-state index in [9.17, 15) is 5.11 Å². The van der Waals surface area contributed by atoms with E-state index in [1.807, 2.05) is 13.0 Å². The van der Waals surface area contributed by atoms with Gasteiger partial charge in [-0.3, -0.25) is 0 Å². The first-order valence-corrected chi connectivity index (χ1v) is 11.9. The molecular weight excluding hydrogens is 432 g/mol. The second-order valence-corrected chi connectivity index (χ2v) is 9.64. The molecule has 4 nitrogen and oxygen atoms in total. The number of ether oxygens (including phenoxy) is 1. The van der Waals surface area contributed by atoms with Gasteiger partial charge in [-0.2, -0.15) is 4.98 Å². The Morgan fingerprint density at radius 2 is 2.00 bits per heavy atom.